The van der Waals surface area contributed by atoms with Crippen LogP contribution in [0.25, 0.3) is 5.69 Å². The highest BCUT2D eigenvalue weighted by Gasteiger charge is 2.13. The van der Waals surface area contributed by atoms with Gasteiger partial charge in [0.1, 0.15) is 5.75 Å². The van der Waals surface area contributed by atoms with Crippen LogP contribution in [-0.4, -0.2) is 28.0 Å². The number of ether oxygens (including phenoxy) is 1. The zero-order chi connectivity index (χ0) is 12.4. The number of hydrogen-bond acceptors (Lipinski definition) is 3. The molecule has 0 spiro atoms. The maximum Gasteiger partial charge on any atom is 0.337 e. The molecule has 5 heteroatoms. The summed E-state index contributed by atoms with van der Waals surface area (Å²) < 4.78 is 6.61. The fourth-order valence-electron chi connectivity index (χ4n) is 1.56. The number of rotatable bonds is 3. The van der Waals surface area contributed by atoms with Crippen molar-refractivity contribution in [2.45, 2.75) is 6.92 Å². The number of benzene rings is 1. The molecule has 0 radical (unpaired) electrons. The summed E-state index contributed by atoms with van der Waals surface area (Å²) >= 11 is 0. The quantitative estimate of drug-likeness (QED) is 0.877. The normalized spacial score (nSPS) is 10.2. The van der Waals surface area contributed by atoms with Crippen molar-refractivity contribution in [3.63, 3.8) is 0 Å². The van der Waals surface area contributed by atoms with E-state index in [1.165, 1.54) is 17.9 Å². The molecule has 0 bridgehead atoms. The van der Waals surface area contributed by atoms with Gasteiger partial charge in [-0.1, -0.05) is 0 Å². The fraction of sp³-hybridized carbons (Fsp3) is 0.167. The number of carboxylic acid groups (broad SMARTS) is 1. The van der Waals surface area contributed by atoms with Gasteiger partial charge >= 0.3 is 5.97 Å². The number of aromatic nitrogens is 2. The van der Waals surface area contributed by atoms with Crippen LogP contribution in [-0.2, 0) is 0 Å². The van der Waals surface area contributed by atoms with Gasteiger partial charge in [0.05, 0.1) is 24.1 Å². The highest BCUT2D eigenvalue weighted by atomic mass is 16.5. The lowest BCUT2D eigenvalue weighted by Gasteiger charge is -2.08. The van der Waals surface area contributed by atoms with Gasteiger partial charge in [-0.05, 0) is 25.1 Å². The molecule has 0 atom stereocenters. The van der Waals surface area contributed by atoms with Crippen molar-refractivity contribution >= 4 is 5.97 Å². The standard InChI is InChI=1S/C12H12N2O3/c1-8-5-6-14(13-8)11-7-9(17-2)3-4-10(11)12(15)16/h3-7H,1-2H3,(H,15,16). The Morgan fingerprint density at radius 2 is 2.18 bits per heavy atom. The predicted molar refractivity (Wildman–Crippen MR) is 61.8 cm³/mol. The van der Waals surface area contributed by atoms with Crippen molar-refractivity contribution in [3.05, 3.63) is 41.7 Å². The summed E-state index contributed by atoms with van der Waals surface area (Å²) in [4.78, 5) is 11.1. The summed E-state index contributed by atoms with van der Waals surface area (Å²) in [7, 11) is 1.54. The lowest BCUT2D eigenvalue weighted by molar-refractivity contribution is 0.0696. The number of carboxylic acids is 1. The van der Waals surface area contributed by atoms with E-state index in [1.54, 1.807) is 18.3 Å². The Balaban J connectivity index is 2.60. The molecule has 1 aromatic carbocycles. The molecule has 0 saturated carbocycles. The first-order chi connectivity index (χ1) is 8.11. The first kappa shape index (κ1) is 11.2. The molecule has 88 valence electrons. The van der Waals surface area contributed by atoms with E-state index in [2.05, 4.69) is 5.10 Å². The van der Waals surface area contributed by atoms with Gasteiger partial charge in [-0.25, -0.2) is 9.48 Å². The van der Waals surface area contributed by atoms with Gasteiger partial charge in [0, 0.05) is 12.3 Å². The summed E-state index contributed by atoms with van der Waals surface area (Å²) in [6.07, 6.45) is 1.72. The molecule has 2 rings (SSSR count). The molecular weight excluding hydrogens is 220 g/mol. The summed E-state index contributed by atoms with van der Waals surface area (Å²) in [5.74, 6) is -0.394. The van der Waals surface area contributed by atoms with Crippen LogP contribution in [0.5, 0.6) is 5.75 Å². The lowest BCUT2D eigenvalue weighted by Crippen LogP contribution is -2.06. The second-order valence-corrected chi connectivity index (χ2v) is 3.59. The van der Waals surface area contributed by atoms with Crippen molar-refractivity contribution in [2.75, 3.05) is 7.11 Å². The molecule has 0 aliphatic heterocycles. The van der Waals surface area contributed by atoms with E-state index in [4.69, 9.17) is 9.84 Å². The minimum atomic E-state index is -0.990. The summed E-state index contributed by atoms with van der Waals surface area (Å²) in [5.41, 5.74) is 1.50. The molecule has 0 fully saturated rings. The van der Waals surface area contributed by atoms with Gasteiger partial charge in [-0.3, -0.25) is 0 Å². The molecule has 1 N–H and O–H groups in total. The third kappa shape index (κ3) is 2.13. The summed E-state index contributed by atoms with van der Waals surface area (Å²) in [6.45, 7) is 1.84. The van der Waals surface area contributed by atoms with Gasteiger partial charge in [-0.2, -0.15) is 5.10 Å². The first-order valence-electron chi connectivity index (χ1n) is 5.06. The Morgan fingerprint density at radius 3 is 2.71 bits per heavy atom. The minimum Gasteiger partial charge on any atom is -0.497 e. The lowest BCUT2D eigenvalue weighted by atomic mass is 10.1. The first-order valence-corrected chi connectivity index (χ1v) is 5.06. The van der Waals surface area contributed by atoms with E-state index < -0.39 is 5.97 Å². The van der Waals surface area contributed by atoms with E-state index in [9.17, 15) is 4.79 Å². The number of methoxy groups -OCH3 is 1. The molecule has 0 unspecified atom stereocenters. The molecule has 0 aliphatic rings. The van der Waals surface area contributed by atoms with Crippen LogP contribution in [0.1, 0.15) is 16.1 Å². The monoisotopic (exact) mass is 232 g/mol. The third-order valence-electron chi connectivity index (χ3n) is 2.40. The van der Waals surface area contributed by atoms with E-state index in [0.29, 0.717) is 11.4 Å². The molecule has 0 saturated heterocycles. The number of carbonyl (C=O) groups is 1. The highest BCUT2D eigenvalue weighted by Crippen LogP contribution is 2.21. The minimum absolute atomic E-state index is 0.189. The van der Waals surface area contributed by atoms with Crippen LogP contribution >= 0.6 is 0 Å². The van der Waals surface area contributed by atoms with Crippen LogP contribution in [0.3, 0.4) is 0 Å². The molecule has 5 nitrogen and oxygen atoms in total. The van der Waals surface area contributed by atoms with Crippen LogP contribution in [0.2, 0.25) is 0 Å². The average molecular weight is 232 g/mol. The number of nitrogens with zero attached hydrogens (tertiary/aromatic N) is 2. The fourth-order valence-corrected chi connectivity index (χ4v) is 1.56. The Bertz CT molecular complexity index is 561. The second-order valence-electron chi connectivity index (χ2n) is 3.59. The van der Waals surface area contributed by atoms with E-state index in [0.717, 1.165) is 5.69 Å². The Hall–Kier alpha value is -2.30. The molecule has 17 heavy (non-hydrogen) atoms. The second kappa shape index (κ2) is 4.29. The molecule has 1 heterocycles. The van der Waals surface area contributed by atoms with Crippen LogP contribution < -0.4 is 4.74 Å². The van der Waals surface area contributed by atoms with E-state index >= 15 is 0 Å². The van der Waals surface area contributed by atoms with Crippen molar-refractivity contribution in [1.29, 1.82) is 0 Å². The highest BCUT2D eigenvalue weighted by molar-refractivity contribution is 5.92. The van der Waals surface area contributed by atoms with Crippen molar-refractivity contribution in [3.8, 4) is 11.4 Å². The third-order valence-corrected chi connectivity index (χ3v) is 2.40. The van der Waals surface area contributed by atoms with Gasteiger partial charge in [0.25, 0.3) is 0 Å². The molecule has 0 amide bonds. The topological polar surface area (TPSA) is 64.3 Å². The Labute approximate surface area is 98.3 Å². The van der Waals surface area contributed by atoms with Crippen LogP contribution in [0, 0.1) is 6.92 Å². The van der Waals surface area contributed by atoms with Crippen molar-refractivity contribution in [2.24, 2.45) is 0 Å². The van der Waals surface area contributed by atoms with Gasteiger partial charge in [-0.15, -0.1) is 0 Å². The largest absolute Gasteiger partial charge is 0.497 e. The Morgan fingerprint density at radius 1 is 1.41 bits per heavy atom. The summed E-state index contributed by atoms with van der Waals surface area (Å²) in [5, 5.41) is 13.3. The van der Waals surface area contributed by atoms with Crippen LogP contribution in [0.15, 0.2) is 30.5 Å². The molecular formula is C12H12N2O3. The van der Waals surface area contributed by atoms with E-state index in [1.807, 2.05) is 13.0 Å². The number of hydrogen-bond donors (Lipinski definition) is 1. The average Bonchev–Trinajstić information content (AvgIpc) is 2.75. The maximum atomic E-state index is 11.1. The number of aromatic carboxylic acids is 1. The van der Waals surface area contributed by atoms with Gasteiger partial charge < -0.3 is 9.84 Å². The predicted octanol–water partition coefficient (Wildman–Crippen LogP) is 1.89. The number of aryl methyl sites for hydroxylation is 1. The molecule has 1 aromatic heterocycles. The maximum absolute atomic E-state index is 11.1. The SMILES string of the molecule is COc1ccc(C(=O)O)c(-n2ccc(C)n2)c1. The molecule has 0 aliphatic carbocycles. The Kier molecular flexibility index (Phi) is 2.82. The summed E-state index contributed by atoms with van der Waals surface area (Å²) in [6, 6.07) is 6.58. The smallest absolute Gasteiger partial charge is 0.337 e. The van der Waals surface area contributed by atoms with Crippen LogP contribution in [0.4, 0.5) is 0 Å². The van der Waals surface area contributed by atoms with E-state index in [-0.39, 0.29) is 5.56 Å². The van der Waals surface area contributed by atoms with Crippen molar-refractivity contribution < 1.29 is 14.6 Å². The van der Waals surface area contributed by atoms with Crippen molar-refractivity contribution in [1.82, 2.24) is 9.78 Å². The zero-order valence-corrected chi connectivity index (χ0v) is 9.54. The van der Waals surface area contributed by atoms with Gasteiger partial charge in [0.15, 0.2) is 0 Å². The zero-order valence-electron chi connectivity index (χ0n) is 9.54. The van der Waals surface area contributed by atoms with Gasteiger partial charge in [0.2, 0.25) is 0 Å². The molecule has 2 aromatic rings.